The zero-order chi connectivity index (χ0) is 15.1. The highest BCUT2D eigenvalue weighted by atomic mass is 16.5. The van der Waals surface area contributed by atoms with Crippen LogP contribution >= 0.6 is 0 Å². The van der Waals surface area contributed by atoms with Gasteiger partial charge in [0.05, 0.1) is 32.5 Å². The Hall–Kier alpha value is -1.14. The van der Waals surface area contributed by atoms with E-state index in [1.807, 2.05) is 24.3 Å². The van der Waals surface area contributed by atoms with Crippen molar-refractivity contribution in [2.75, 3.05) is 40.0 Å². The predicted octanol–water partition coefficient (Wildman–Crippen LogP) is 1.20. The molecule has 1 aromatic rings. The second-order valence-electron chi connectivity index (χ2n) is 5.39. The monoisotopic (exact) mass is 295 g/mol. The molecule has 1 aromatic carbocycles. The predicted molar refractivity (Wildman–Crippen MR) is 80.5 cm³/mol. The van der Waals surface area contributed by atoms with Crippen LogP contribution < -0.4 is 4.74 Å². The zero-order valence-electron chi connectivity index (χ0n) is 12.6. The van der Waals surface area contributed by atoms with Gasteiger partial charge in [-0.15, -0.1) is 0 Å². The number of β-amino-alcohol motifs (C(OH)–C–C–N with tert-alkyl or cyclic N) is 1. The summed E-state index contributed by atoms with van der Waals surface area (Å²) in [6, 6.07) is 7.57. The number of nitrogens with zero attached hydrogens (tertiary/aromatic N) is 1. The molecular formula is C16H25NO4. The Morgan fingerprint density at radius 3 is 2.76 bits per heavy atom. The van der Waals surface area contributed by atoms with Crippen molar-refractivity contribution < 1.29 is 19.7 Å². The first-order chi connectivity index (χ1) is 10.2. The molecule has 0 amide bonds. The Morgan fingerprint density at radius 2 is 2.10 bits per heavy atom. The molecule has 5 nitrogen and oxygen atoms in total. The van der Waals surface area contributed by atoms with Gasteiger partial charge in [0.1, 0.15) is 5.75 Å². The van der Waals surface area contributed by atoms with Crippen LogP contribution in [0, 0.1) is 0 Å². The molecule has 0 spiro atoms. The van der Waals surface area contributed by atoms with Crippen LogP contribution in [0.1, 0.15) is 24.5 Å². The average molecular weight is 295 g/mol. The maximum atomic E-state index is 10.3. The molecule has 0 bridgehead atoms. The lowest BCUT2D eigenvalue weighted by Crippen LogP contribution is -2.39. The van der Waals surface area contributed by atoms with E-state index >= 15 is 0 Å². The van der Waals surface area contributed by atoms with Gasteiger partial charge in [0, 0.05) is 19.6 Å². The number of hydrogen-bond donors (Lipinski definition) is 2. The molecular weight excluding hydrogens is 270 g/mol. The lowest BCUT2D eigenvalue weighted by atomic mass is 10.0. The topological polar surface area (TPSA) is 62.2 Å². The number of aliphatic hydroxyl groups excluding tert-OH is 2. The van der Waals surface area contributed by atoms with Crippen molar-refractivity contribution in [3.63, 3.8) is 0 Å². The van der Waals surface area contributed by atoms with Gasteiger partial charge in [0.15, 0.2) is 0 Å². The number of likely N-dealkylation sites (tertiary alicyclic amines) is 1. The third-order valence-corrected chi connectivity index (χ3v) is 3.89. The molecule has 1 atom stereocenters. The maximum absolute atomic E-state index is 10.3. The average Bonchev–Trinajstić information content (AvgIpc) is 2.54. The fraction of sp³-hybridized carbons (Fsp3) is 0.625. The molecule has 1 fully saturated rings. The third kappa shape index (κ3) is 4.97. The molecule has 2 rings (SSSR count). The number of piperidine rings is 1. The molecule has 118 valence electrons. The van der Waals surface area contributed by atoms with Crippen molar-refractivity contribution in [2.45, 2.75) is 25.0 Å². The smallest absolute Gasteiger partial charge is 0.119 e. The minimum Gasteiger partial charge on any atom is -0.497 e. The van der Waals surface area contributed by atoms with Crippen LogP contribution in [0.3, 0.4) is 0 Å². The zero-order valence-corrected chi connectivity index (χ0v) is 12.6. The van der Waals surface area contributed by atoms with Crippen LogP contribution in [0.2, 0.25) is 0 Å². The molecule has 0 radical (unpaired) electrons. The van der Waals surface area contributed by atoms with Gasteiger partial charge in [-0.05, 0) is 30.5 Å². The fourth-order valence-electron chi connectivity index (χ4n) is 2.68. The van der Waals surface area contributed by atoms with Crippen molar-refractivity contribution in [1.29, 1.82) is 0 Å². The van der Waals surface area contributed by atoms with Gasteiger partial charge in [0.2, 0.25) is 0 Å². The van der Waals surface area contributed by atoms with E-state index in [1.54, 1.807) is 7.11 Å². The van der Waals surface area contributed by atoms with Gasteiger partial charge in [-0.1, -0.05) is 12.1 Å². The van der Waals surface area contributed by atoms with Gasteiger partial charge in [-0.2, -0.15) is 0 Å². The molecule has 0 saturated carbocycles. The number of ether oxygens (including phenoxy) is 2. The number of methoxy groups -OCH3 is 1. The largest absolute Gasteiger partial charge is 0.497 e. The van der Waals surface area contributed by atoms with E-state index < -0.39 is 6.10 Å². The quantitative estimate of drug-likeness (QED) is 0.791. The third-order valence-electron chi connectivity index (χ3n) is 3.89. The van der Waals surface area contributed by atoms with Crippen molar-refractivity contribution in [3.05, 3.63) is 29.8 Å². The standard InChI is InChI=1S/C16H25NO4/c1-20-15-4-2-3-13(11-15)16(19)12-17-7-5-14(6-8-17)21-10-9-18/h2-4,11,14,16,18-19H,5-10,12H2,1H3. The van der Waals surface area contributed by atoms with Crippen LogP contribution in [0.15, 0.2) is 24.3 Å². The minimum atomic E-state index is -0.505. The first kappa shape index (κ1) is 16.2. The molecule has 5 heteroatoms. The lowest BCUT2D eigenvalue weighted by Gasteiger charge is -2.33. The normalized spacial score (nSPS) is 18.6. The van der Waals surface area contributed by atoms with Gasteiger partial charge >= 0.3 is 0 Å². The lowest BCUT2D eigenvalue weighted by molar-refractivity contribution is -0.0149. The maximum Gasteiger partial charge on any atom is 0.119 e. The SMILES string of the molecule is COc1cccc(C(O)CN2CCC(OCCO)CC2)c1. The summed E-state index contributed by atoms with van der Waals surface area (Å²) in [7, 11) is 1.63. The van der Waals surface area contributed by atoms with E-state index in [4.69, 9.17) is 14.6 Å². The molecule has 0 aromatic heterocycles. The molecule has 21 heavy (non-hydrogen) atoms. The van der Waals surface area contributed by atoms with E-state index in [1.165, 1.54) is 0 Å². The number of aliphatic hydroxyl groups is 2. The van der Waals surface area contributed by atoms with E-state index in [-0.39, 0.29) is 12.7 Å². The summed E-state index contributed by atoms with van der Waals surface area (Å²) in [6.45, 7) is 2.94. The van der Waals surface area contributed by atoms with E-state index in [2.05, 4.69) is 4.90 Å². The Balaban J connectivity index is 1.79. The Bertz CT molecular complexity index is 418. The first-order valence-electron chi connectivity index (χ1n) is 7.49. The van der Waals surface area contributed by atoms with Gasteiger partial charge in [0.25, 0.3) is 0 Å². The molecule has 2 N–H and O–H groups in total. The van der Waals surface area contributed by atoms with Crippen LogP contribution in [-0.4, -0.2) is 61.2 Å². The molecule has 1 aliphatic rings. The number of benzene rings is 1. The summed E-state index contributed by atoms with van der Waals surface area (Å²) in [5.74, 6) is 0.766. The van der Waals surface area contributed by atoms with Crippen LogP contribution in [0.25, 0.3) is 0 Å². The van der Waals surface area contributed by atoms with Gasteiger partial charge < -0.3 is 24.6 Å². The first-order valence-corrected chi connectivity index (χ1v) is 7.49. The van der Waals surface area contributed by atoms with Crippen LogP contribution in [0.5, 0.6) is 5.75 Å². The number of rotatable bonds is 7. The second-order valence-corrected chi connectivity index (χ2v) is 5.39. The Morgan fingerprint density at radius 1 is 1.33 bits per heavy atom. The van der Waals surface area contributed by atoms with E-state index in [0.29, 0.717) is 13.2 Å². The summed E-state index contributed by atoms with van der Waals surface area (Å²) < 4.78 is 10.7. The summed E-state index contributed by atoms with van der Waals surface area (Å²) in [6.07, 6.45) is 1.63. The van der Waals surface area contributed by atoms with E-state index in [9.17, 15) is 5.11 Å². The van der Waals surface area contributed by atoms with Crippen molar-refractivity contribution in [1.82, 2.24) is 4.90 Å². The highest BCUT2D eigenvalue weighted by molar-refractivity contribution is 5.29. The van der Waals surface area contributed by atoms with Gasteiger partial charge in [-0.25, -0.2) is 0 Å². The summed E-state index contributed by atoms with van der Waals surface area (Å²) in [5.41, 5.74) is 0.882. The number of hydrogen-bond acceptors (Lipinski definition) is 5. The van der Waals surface area contributed by atoms with Crippen LogP contribution in [0.4, 0.5) is 0 Å². The summed E-state index contributed by atoms with van der Waals surface area (Å²) in [5, 5.41) is 19.1. The highest BCUT2D eigenvalue weighted by Crippen LogP contribution is 2.22. The Labute approximate surface area is 126 Å². The van der Waals surface area contributed by atoms with Crippen molar-refractivity contribution >= 4 is 0 Å². The van der Waals surface area contributed by atoms with E-state index in [0.717, 1.165) is 37.2 Å². The molecule has 1 saturated heterocycles. The highest BCUT2D eigenvalue weighted by Gasteiger charge is 2.22. The molecule has 1 aliphatic heterocycles. The second kappa shape index (κ2) is 8.34. The molecule has 1 heterocycles. The van der Waals surface area contributed by atoms with Crippen molar-refractivity contribution in [2.24, 2.45) is 0 Å². The summed E-state index contributed by atoms with van der Waals surface area (Å²) >= 11 is 0. The minimum absolute atomic E-state index is 0.0781. The fourth-order valence-corrected chi connectivity index (χ4v) is 2.68. The molecule has 1 unspecified atom stereocenters. The molecule has 0 aliphatic carbocycles. The van der Waals surface area contributed by atoms with Gasteiger partial charge in [-0.3, -0.25) is 0 Å². The summed E-state index contributed by atoms with van der Waals surface area (Å²) in [4.78, 5) is 2.25. The van der Waals surface area contributed by atoms with Crippen LogP contribution in [-0.2, 0) is 4.74 Å². The Kier molecular flexibility index (Phi) is 6.45. The van der Waals surface area contributed by atoms with Crippen molar-refractivity contribution in [3.8, 4) is 5.75 Å².